The third-order valence-electron chi connectivity index (χ3n) is 4.91. The lowest BCUT2D eigenvalue weighted by Gasteiger charge is -2.24. The molecule has 2 aliphatic heterocycles. The zero-order chi connectivity index (χ0) is 16.4. The molecule has 23 heavy (non-hydrogen) atoms. The average molecular weight is 336 g/mol. The first-order chi connectivity index (χ1) is 11.0. The number of benzene rings is 1. The zero-order valence-corrected chi connectivity index (χ0v) is 14.4. The van der Waals surface area contributed by atoms with Crippen LogP contribution in [0.25, 0.3) is 0 Å². The van der Waals surface area contributed by atoms with Gasteiger partial charge >= 0.3 is 0 Å². The van der Waals surface area contributed by atoms with Gasteiger partial charge in [0.1, 0.15) is 0 Å². The summed E-state index contributed by atoms with van der Waals surface area (Å²) in [5, 5.41) is 0. The van der Waals surface area contributed by atoms with Crippen LogP contribution in [0.1, 0.15) is 49.4 Å². The van der Waals surface area contributed by atoms with Crippen LogP contribution in [-0.4, -0.2) is 49.2 Å². The van der Waals surface area contributed by atoms with Crippen molar-refractivity contribution in [3.05, 3.63) is 29.8 Å². The molecule has 1 aromatic rings. The molecular weight excluding hydrogens is 312 g/mol. The minimum Gasteiger partial charge on any atom is -0.336 e. The standard InChI is InChI=1S/C17H24N2O3S/c1-2-15-6-5-13-19(15)17(20)14-7-9-16(10-8-14)23(21,22)18-11-3-4-12-18/h7-10,15H,2-6,11-13H2,1H3. The van der Waals surface area contributed by atoms with Gasteiger partial charge in [0, 0.05) is 31.2 Å². The minimum atomic E-state index is -3.41. The fourth-order valence-corrected chi connectivity index (χ4v) is 5.06. The van der Waals surface area contributed by atoms with Gasteiger partial charge in [-0.05, 0) is 56.4 Å². The van der Waals surface area contributed by atoms with Crippen LogP contribution in [-0.2, 0) is 10.0 Å². The number of nitrogens with zero attached hydrogens (tertiary/aromatic N) is 2. The summed E-state index contributed by atoms with van der Waals surface area (Å²) in [5.74, 6) is 0.0134. The van der Waals surface area contributed by atoms with E-state index < -0.39 is 10.0 Å². The molecule has 2 saturated heterocycles. The molecule has 0 aromatic heterocycles. The van der Waals surface area contributed by atoms with E-state index in [2.05, 4.69) is 6.92 Å². The summed E-state index contributed by atoms with van der Waals surface area (Å²) in [6.07, 6.45) is 4.91. The van der Waals surface area contributed by atoms with Crippen molar-refractivity contribution in [1.29, 1.82) is 0 Å². The molecule has 126 valence electrons. The monoisotopic (exact) mass is 336 g/mol. The number of amides is 1. The molecule has 2 fully saturated rings. The minimum absolute atomic E-state index is 0.0134. The first kappa shape index (κ1) is 16.5. The highest BCUT2D eigenvalue weighted by Crippen LogP contribution is 2.24. The van der Waals surface area contributed by atoms with Gasteiger partial charge in [-0.15, -0.1) is 0 Å². The highest BCUT2D eigenvalue weighted by Gasteiger charge is 2.29. The molecule has 1 atom stereocenters. The van der Waals surface area contributed by atoms with Gasteiger partial charge in [0.2, 0.25) is 10.0 Å². The molecule has 2 heterocycles. The molecule has 3 rings (SSSR count). The van der Waals surface area contributed by atoms with E-state index >= 15 is 0 Å². The van der Waals surface area contributed by atoms with E-state index in [1.807, 2.05) is 4.90 Å². The van der Waals surface area contributed by atoms with E-state index in [-0.39, 0.29) is 10.8 Å². The number of hydrogen-bond acceptors (Lipinski definition) is 3. The van der Waals surface area contributed by atoms with E-state index in [0.29, 0.717) is 24.7 Å². The van der Waals surface area contributed by atoms with Crippen molar-refractivity contribution in [1.82, 2.24) is 9.21 Å². The fourth-order valence-electron chi connectivity index (χ4n) is 3.54. The molecule has 0 N–H and O–H groups in total. The van der Waals surface area contributed by atoms with Crippen LogP contribution < -0.4 is 0 Å². The Morgan fingerprint density at radius 3 is 2.35 bits per heavy atom. The lowest BCUT2D eigenvalue weighted by molar-refractivity contribution is 0.0733. The maximum atomic E-state index is 12.6. The first-order valence-corrected chi connectivity index (χ1v) is 9.89. The number of sulfonamides is 1. The quantitative estimate of drug-likeness (QED) is 0.849. The summed E-state index contributed by atoms with van der Waals surface area (Å²) in [6.45, 7) is 4.08. The molecule has 0 aliphatic carbocycles. The molecule has 0 saturated carbocycles. The topological polar surface area (TPSA) is 57.7 Å². The Labute approximate surface area is 138 Å². The zero-order valence-electron chi connectivity index (χ0n) is 13.6. The van der Waals surface area contributed by atoms with Gasteiger partial charge in [-0.2, -0.15) is 4.31 Å². The Morgan fingerprint density at radius 1 is 1.09 bits per heavy atom. The van der Waals surface area contributed by atoms with Crippen LogP contribution >= 0.6 is 0 Å². The largest absolute Gasteiger partial charge is 0.336 e. The van der Waals surface area contributed by atoms with E-state index in [0.717, 1.165) is 38.6 Å². The second-order valence-electron chi connectivity index (χ2n) is 6.34. The molecule has 0 radical (unpaired) electrons. The molecule has 1 unspecified atom stereocenters. The first-order valence-electron chi connectivity index (χ1n) is 8.45. The SMILES string of the molecule is CCC1CCCN1C(=O)c1ccc(S(=O)(=O)N2CCCC2)cc1. The highest BCUT2D eigenvalue weighted by atomic mass is 32.2. The molecular formula is C17H24N2O3S. The predicted octanol–water partition coefficient (Wildman–Crippen LogP) is 2.49. The highest BCUT2D eigenvalue weighted by molar-refractivity contribution is 7.89. The van der Waals surface area contributed by atoms with Gasteiger partial charge < -0.3 is 4.90 Å². The normalized spacial score (nSPS) is 22.7. The summed E-state index contributed by atoms with van der Waals surface area (Å²) in [7, 11) is -3.41. The van der Waals surface area contributed by atoms with Crippen molar-refractivity contribution in [2.75, 3.05) is 19.6 Å². The Hall–Kier alpha value is -1.40. The lowest BCUT2D eigenvalue weighted by Crippen LogP contribution is -2.35. The van der Waals surface area contributed by atoms with Crippen LogP contribution in [0.4, 0.5) is 0 Å². The van der Waals surface area contributed by atoms with E-state index in [4.69, 9.17) is 0 Å². The van der Waals surface area contributed by atoms with Gasteiger partial charge in [-0.1, -0.05) is 6.92 Å². The van der Waals surface area contributed by atoms with Crippen molar-refractivity contribution in [3.8, 4) is 0 Å². The maximum Gasteiger partial charge on any atom is 0.254 e. The van der Waals surface area contributed by atoms with Crippen LogP contribution in [0.5, 0.6) is 0 Å². The van der Waals surface area contributed by atoms with Crippen LogP contribution in [0.3, 0.4) is 0 Å². The smallest absolute Gasteiger partial charge is 0.254 e. The molecule has 0 spiro atoms. The summed E-state index contributed by atoms with van der Waals surface area (Å²) in [6, 6.07) is 6.75. The van der Waals surface area contributed by atoms with E-state index in [1.165, 1.54) is 4.31 Å². The summed E-state index contributed by atoms with van der Waals surface area (Å²) < 4.78 is 26.5. The van der Waals surface area contributed by atoms with Gasteiger partial charge in [0.15, 0.2) is 0 Å². The predicted molar refractivity (Wildman–Crippen MR) is 88.8 cm³/mol. The number of likely N-dealkylation sites (tertiary alicyclic amines) is 1. The van der Waals surface area contributed by atoms with Crippen molar-refractivity contribution < 1.29 is 13.2 Å². The maximum absolute atomic E-state index is 12.6. The Morgan fingerprint density at radius 2 is 1.74 bits per heavy atom. The van der Waals surface area contributed by atoms with Crippen LogP contribution in [0, 0.1) is 0 Å². The van der Waals surface area contributed by atoms with Crippen LogP contribution in [0.2, 0.25) is 0 Å². The van der Waals surface area contributed by atoms with Gasteiger partial charge in [0.05, 0.1) is 4.90 Å². The molecule has 6 heteroatoms. The lowest BCUT2D eigenvalue weighted by atomic mass is 10.1. The van der Waals surface area contributed by atoms with E-state index in [9.17, 15) is 13.2 Å². The van der Waals surface area contributed by atoms with Gasteiger partial charge in [-0.3, -0.25) is 4.79 Å². The van der Waals surface area contributed by atoms with Crippen molar-refractivity contribution in [3.63, 3.8) is 0 Å². The Balaban J connectivity index is 1.78. The van der Waals surface area contributed by atoms with Crippen molar-refractivity contribution >= 4 is 15.9 Å². The van der Waals surface area contributed by atoms with Crippen molar-refractivity contribution in [2.24, 2.45) is 0 Å². The molecule has 1 amide bonds. The Bertz CT molecular complexity index is 664. The second kappa shape index (κ2) is 6.61. The molecule has 1 aromatic carbocycles. The summed E-state index contributed by atoms with van der Waals surface area (Å²) in [4.78, 5) is 14.8. The van der Waals surface area contributed by atoms with E-state index in [1.54, 1.807) is 24.3 Å². The second-order valence-corrected chi connectivity index (χ2v) is 8.28. The van der Waals surface area contributed by atoms with Gasteiger partial charge in [-0.25, -0.2) is 8.42 Å². The average Bonchev–Trinajstić information content (AvgIpc) is 3.25. The Kier molecular flexibility index (Phi) is 4.73. The van der Waals surface area contributed by atoms with Crippen LogP contribution in [0.15, 0.2) is 29.2 Å². The third kappa shape index (κ3) is 3.15. The number of rotatable bonds is 4. The number of carbonyl (C=O) groups excluding carboxylic acids is 1. The number of hydrogen-bond donors (Lipinski definition) is 0. The van der Waals surface area contributed by atoms with Gasteiger partial charge in [0.25, 0.3) is 5.91 Å². The molecule has 0 bridgehead atoms. The summed E-state index contributed by atoms with van der Waals surface area (Å²) in [5.41, 5.74) is 0.575. The molecule has 5 nitrogen and oxygen atoms in total. The third-order valence-corrected chi connectivity index (χ3v) is 6.83. The van der Waals surface area contributed by atoms with Crippen molar-refractivity contribution in [2.45, 2.75) is 50.0 Å². The summed E-state index contributed by atoms with van der Waals surface area (Å²) >= 11 is 0. The fraction of sp³-hybridized carbons (Fsp3) is 0.588. The number of carbonyl (C=O) groups is 1. The molecule has 2 aliphatic rings.